The number of carbonyl (C=O) groups is 1. The van der Waals surface area contributed by atoms with Gasteiger partial charge in [-0.1, -0.05) is 10.3 Å². The van der Waals surface area contributed by atoms with Crippen LogP contribution in [0.2, 0.25) is 0 Å². The van der Waals surface area contributed by atoms with E-state index in [1.165, 1.54) is 0 Å². The number of hydrogen-bond donors (Lipinski definition) is 2. The van der Waals surface area contributed by atoms with E-state index >= 15 is 0 Å². The highest BCUT2D eigenvalue weighted by molar-refractivity contribution is 7.71. The Hall–Kier alpha value is -1.24. The van der Waals surface area contributed by atoms with Gasteiger partial charge in [-0.05, 0) is 18.6 Å². The summed E-state index contributed by atoms with van der Waals surface area (Å²) in [5.41, 5.74) is 0. The number of nitrogens with zero attached hydrogens (tertiary/aromatic N) is 3. The number of aromatic nitrogens is 4. The zero-order valence-electron chi connectivity index (χ0n) is 6.86. The van der Waals surface area contributed by atoms with Gasteiger partial charge < -0.3 is 5.32 Å². The molecular weight excluding hydrogens is 190 g/mol. The minimum atomic E-state index is 0.101. The number of hydrogen-bond acceptors (Lipinski definition) is 4. The van der Waals surface area contributed by atoms with E-state index in [0.29, 0.717) is 17.7 Å². The van der Waals surface area contributed by atoms with Crippen LogP contribution in [0.1, 0.15) is 12.8 Å². The number of nitrogens with one attached hydrogen (secondary N) is 2. The lowest BCUT2D eigenvalue weighted by atomic mass is 10.2. The number of H-pyrrole nitrogens is 1. The molecule has 1 unspecified atom stereocenters. The molecule has 6 nitrogen and oxygen atoms in total. The smallest absolute Gasteiger partial charge is 0.238 e. The van der Waals surface area contributed by atoms with Crippen LogP contribution in [0, 0.1) is 4.77 Å². The highest BCUT2D eigenvalue weighted by Crippen LogP contribution is 2.07. The topological polar surface area (TPSA) is 75.6 Å². The molecule has 0 aliphatic carbocycles. The predicted octanol–water partition coefficient (Wildman–Crippen LogP) is -0.386. The lowest BCUT2D eigenvalue weighted by Gasteiger charge is -2.08. The van der Waals surface area contributed by atoms with Crippen LogP contribution < -0.4 is 5.32 Å². The van der Waals surface area contributed by atoms with E-state index in [-0.39, 0.29) is 11.9 Å². The molecule has 2 N–H and O–H groups in total. The van der Waals surface area contributed by atoms with Crippen molar-refractivity contribution < 1.29 is 4.79 Å². The maximum atomic E-state index is 10.9. The molecule has 1 aliphatic rings. The monoisotopic (exact) mass is 199 g/mol. The van der Waals surface area contributed by atoms with Crippen molar-refractivity contribution in [2.45, 2.75) is 25.4 Å². The van der Waals surface area contributed by atoms with Gasteiger partial charge in [0.05, 0.1) is 6.54 Å². The summed E-state index contributed by atoms with van der Waals surface area (Å²) in [4.78, 5) is 10.9. The molecular formula is C6H9N5OS. The highest BCUT2D eigenvalue weighted by atomic mass is 32.1. The van der Waals surface area contributed by atoms with Crippen LogP contribution in [0.15, 0.2) is 0 Å². The van der Waals surface area contributed by atoms with Crippen molar-refractivity contribution in [2.75, 3.05) is 0 Å². The molecule has 1 aliphatic heterocycles. The van der Waals surface area contributed by atoms with Crippen LogP contribution in [0.25, 0.3) is 0 Å². The van der Waals surface area contributed by atoms with Crippen LogP contribution >= 0.6 is 12.2 Å². The van der Waals surface area contributed by atoms with Gasteiger partial charge >= 0.3 is 0 Å². The van der Waals surface area contributed by atoms with E-state index in [4.69, 9.17) is 12.2 Å². The molecule has 0 bridgehead atoms. The third-order valence-electron chi connectivity index (χ3n) is 2.02. The van der Waals surface area contributed by atoms with Crippen LogP contribution in [0.3, 0.4) is 0 Å². The minimum absolute atomic E-state index is 0.101. The van der Waals surface area contributed by atoms with E-state index in [2.05, 4.69) is 20.8 Å². The Labute approximate surface area is 79.3 Å². The Balaban J connectivity index is 2.03. The first-order valence-electron chi connectivity index (χ1n) is 4.03. The van der Waals surface area contributed by atoms with Gasteiger partial charge in [-0.25, -0.2) is 4.68 Å². The van der Waals surface area contributed by atoms with Crippen LogP contribution in [-0.2, 0) is 11.3 Å². The molecule has 13 heavy (non-hydrogen) atoms. The second-order valence-electron chi connectivity index (χ2n) is 3.00. The van der Waals surface area contributed by atoms with Gasteiger partial charge in [0.1, 0.15) is 0 Å². The summed E-state index contributed by atoms with van der Waals surface area (Å²) in [6.45, 7) is 0.623. The molecule has 2 heterocycles. The predicted molar refractivity (Wildman–Crippen MR) is 46.4 cm³/mol. The first kappa shape index (κ1) is 8.36. The Morgan fingerprint density at radius 2 is 2.54 bits per heavy atom. The number of amides is 1. The van der Waals surface area contributed by atoms with E-state index in [1.54, 1.807) is 4.68 Å². The van der Waals surface area contributed by atoms with E-state index in [1.807, 2.05) is 0 Å². The van der Waals surface area contributed by atoms with Crippen LogP contribution in [0.4, 0.5) is 0 Å². The van der Waals surface area contributed by atoms with Gasteiger partial charge in [-0.3, -0.25) is 4.79 Å². The second kappa shape index (κ2) is 3.25. The standard InChI is InChI=1S/C6H9N5OS/c12-5-2-1-4(7-5)3-11-6(13)8-9-10-11/h4H,1-3H2,(H,7,12)(H,8,10,13). The highest BCUT2D eigenvalue weighted by Gasteiger charge is 2.21. The molecule has 1 fully saturated rings. The van der Waals surface area contributed by atoms with Crippen molar-refractivity contribution in [3.05, 3.63) is 4.77 Å². The number of carbonyl (C=O) groups excluding carboxylic acids is 1. The third-order valence-corrected chi connectivity index (χ3v) is 2.32. The van der Waals surface area contributed by atoms with Crippen molar-refractivity contribution in [1.82, 2.24) is 25.5 Å². The largest absolute Gasteiger partial charge is 0.351 e. The molecule has 1 amide bonds. The average molecular weight is 199 g/mol. The summed E-state index contributed by atoms with van der Waals surface area (Å²) in [5, 5.41) is 12.7. The van der Waals surface area contributed by atoms with Gasteiger partial charge in [0, 0.05) is 12.5 Å². The number of rotatable bonds is 2. The van der Waals surface area contributed by atoms with Gasteiger partial charge in [-0.15, -0.1) is 0 Å². The molecule has 2 rings (SSSR count). The Morgan fingerprint density at radius 1 is 1.69 bits per heavy atom. The lowest BCUT2D eigenvalue weighted by molar-refractivity contribution is -0.119. The summed E-state index contributed by atoms with van der Waals surface area (Å²) in [7, 11) is 0. The van der Waals surface area contributed by atoms with E-state index in [9.17, 15) is 4.79 Å². The quantitative estimate of drug-likeness (QED) is 0.636. The molecule has 1 atom stereocenters. The fourth-order valence-corrected chi connectivity index (χ4v) is 1.53. The number of aromatic amines is 1. The molecule has 1 aromatic rings. The summed E-state index contributed by atoms with van der Waals surface area (Å²) in [5.74, 6) is 0.101. The van der Waals surface area contributed by atoms with Gasteiger partial charge in [-0.2, -0.15) is 5.21 Å². The van der Waals surface area contributed by atoms with Crippen molar-refractivity contribution in [2.24, 2.45) is 0 Å². The first-order valence-corrected chi connectivity index (χ1v) is 4.44. The third kappa shape index (κ3) is 1.74. The summed E-state index contributed by atoms with van der Waals surface area (Å²) < 4.78 is 2.06. The van der Waals surface area contributed by atoms with E-state index < -0.39 is 0 Å². The molecule has 7 heteroatoms. The van der Waals surface area contributed by atoms with Crippen molar-refractivity contribution in [3.8, 4) is 0 Å². The normalized spacial score (nSPS) is 21.8. The van der Waals surface area contributed by atoms with Crippen LogP contribution in [0.5, 0.6) is 0 Å². The molecule has 1 saturated heterocycles. The zero-order valence-corrected chi connectivity index (χ0v) is 7.67. The molecule has 70 valence electrons. The fraction of sp³-hybridized carbons (Fsp3) is 0.667. The molecule has 0 radical (unpaired) electrons. The van der Waals surface area contributed by atoms with Crippen molar-refractivity contribution >= 4 is 18.1 Å². The van der Waals surface area contributed by atoms with Gasteiger partial charge in [0.2, 0.25) is 10.7 Å². The van der Waals surface area contributed by atoms with Crippen molar-refractivity contribution in [1.29, 1.82) is 0 Å². The Kier molecular flexibility index (Phi) is 2.09. The number of tetrazole rings is 1. The fourth-order valence-electron chi connectivity index (χ4n) is 1.37. The molecule has 0 spiro atoms. The Morgan fingerprint density at radius 3 is 3.08 bits per heavy atom. The maximum absolute atomic E-state index is 10.9. The Bertz CT molecular complexity index is 369. The van der Waals surface area contributed by atoms with Gasteiger partial charge in [0.25, 0.3) is 0 Å². The summed E-state index contributed by atoms with van der Waals surface area (Å²) >= 11 is 4.89. The molecule has 0 aromatic carbocycles. The summed E-state index contributed by atoms with van der Waals surface area (Å²) in [6, 6.07) is 0.154. The molecule has 1 aromatic heterocycles. The lowest BCUT2D eigenvalue weighted by Crippen LogP contribution is -2.30. The van der Waals surface area contributed by atoms with Crippen LogP contribution in [-0.4, -0.2) is 32.2 Å². The van der Waals surface area contributed by atoms with Crippen molar-refractivity contribution in [3.63, 3.8) is 0 Å². The maximum Gasteiger partial charge on any atom is 0.238 e. The first-order chi connectivity index (χ1) is 6.25. The summed E-state index contributed by atoms with van der Waals surface area (Å²) in [6.07, 6.45) is 1.44. The van der Waals surface area contributed by atoms with E-state index in [0.717, 1.165) is 6.42 Å². The second-order valence-corrected chi connectivity index (χ2v) is 3.36. The zero-order chi connectivity index (χ0) is 9.26. The minimum Gasteiger partial charge on any atom is -0.351 e. The average Bonchev–Trinajstić information content (AvgIpc) is 2.64. The molecule has 0 saturated carbocycles. The SMILES string of the molecule is O=C1CCC(Cn2[nH]nnc2=S)N1. The van der Waals surface area contributed by atoms with Gasteiger partial charge in [0.15, 0.2) is 0 Å².